The lowest BCUT2D eigenvalue weighted by Crippen LogP contribution is -2.52. The van der Waals surface area contributed by atoms with Crippen molar-refractivity contribution < 1.29 is 33.3 Å². The molecule has 0 spiro atoms. The number of ether oxygens (including phenoxy) is 4. The van der Waals surface area contributed by atoms with Gasteiger partial charge in [-0.1, -0.05) is 0 Å². The fraction of sp³-hybridized carbons (Fsp3) is 0.619. The van der Waals surface area contributed by atoms with Gasteiger partial charge in [0.25, 0.3) is 5.60 Å². The number of nitrogens with two attached hydrogens (primary N) is 1. The number of hydrogen-bond acceptors (Lipinski definition) is 9. The van der Waals surface area contributed by atoms with E-state index in [1.807, 2.05) is 0 Å². The second-order valence-electron chi connectivity index (χ2n) is 7.59. The number of pyridine rings is 1. The first kappa shape index (κ1) is 25.5. The van der Waals surface area contributed by atoms with E-state index in [1.54, 1.807) is 59.1 Å². The minimum atomic E-state index is -2.06. The number of carbonyl (C=O) groups excluding carboxylic acids is 3. The number of nitrogens with zero attached hydrogens (tertiary/aromatic N) is 1. The van der Waals surface area contributed by atoms with E-state index in [0.29, 0.717) is 5.56 Å². The van der Waals surface area contributed by atoms with E-state index in [1.165, 1.54) is 0 Å². The lowest BCUT2D eigenvalue weighted by molar-refractivity contribution is -0.194. The maximum atomic E-state index is 12.8. The number of rotatable bonds is 11. The third-order valence-electron chi connectivity index (χ3n) is 3.96. The minimum absolute atomic E-state index is 0.0384. The Bertz CT molecular complexity index is 683. The molecule has 1 rings (SSSR count). The zero-order chi connectivity index (χ0) is 22.8. The van der Waals surface area contributed by atoms with E-state index in [-0.39, 0.29) is 32.7 Å². The van der Waals surface area contributed by atoms with Crippen molar-refractivity contribution in [3.63, 3.8) is 0 Å². The first-order valence-corrected chi connectivity index (χ1v) is 9.91. The molecule has 1 heterocycles. The summed E-state index contributed by atoms with van der Waals surface area (Å²) in [6.45, 7) is 8.40. The van der Waals surface area contributed by atoms with Crippen LogP contribution in [0.4, 0.5) is 0 Å². The smallest absolute Gasteiger partial charge is 0.350 e. The average molecular weight is 424 g/mol. The second-order valence-corrected chi connectivity index (χ2v) is 7.59. The second kappa shape index (κ2) is 11.6. The van der Waals surface area contributed by atoms with Gasteiger partial charge in [-0.3, -0.25) is 9.78 Å². The van der Waals surface area contributed by atoms with E-state index < -0.39 is 35.2 Å². The molecular formula is C21H32N2O7. The molecule has 1 unspecified atom stereocenters. The largest absolute Gasteiger partial charge is 0.463 e. The van der Waals surface area contributed by atoms with Crippen LogP contribution in [0.5, 0.6) is 0 Å². The number of aromatic nitrogens is 1. The quantitative estimate of drug-likeness (QED) is 0.322. The average Bonchev–Trinajstić information content (AvgIpc) is 2.67. The summed E-state index contributed by atoms with van der Waals surface area (Å²) in [7, 11) is 0. The molecule has 0 fully saturated rings. The van der Waals surface area contributed by atoms with E-state index in [0.717, 1.165) is 0 Å². The van der Waals surface area contributed by atoms with Crippen molar-refractivity contribution in [2.75, 3.05) is 13.2 Å². The Morgan fingerprint density at radius 1 is 1.03 bits per heavy atom. The Labute approximate surface area is 177 Å². The molecule has 9 heteroatoms. The van der Waals surface area contributed by atoms with Crippen LogP contribution in [0.25, 0.3) is 0 Å². The highest BCUT2D eigenvalue weighted by Gasteiger charge is 2.50. The Balaban J connectivity index is 3.10. The highest BCUT2D eigenvalue weighted by atomic mass is 16.6. The van der Waals surface area contributed by atoms with Crippen molar-refractivity contribution in [2.45, 2.75) is 71.3 Å². The minimum Gasteiger partial charge on any atom is -0.463 e. The van der Waals surface area contributed by atoms with Gasteiger partial charge in [-0.15, -0.1) is 0 Å². The fourth-order valence-electron chi connectivity index (χ4n) is 2.51. The SMILES string of the molecule is CCOC(=O)C(CCC(N)C(=O)OC(C)(C)C)(OCc1ccncc1)C(=O)OCC. The number of carbonyl (C=O) groups is 3. The van der Waals surface area contributed by atoms with Gasteiger partial charge >= 0.3 is 17.9 Å². The van der Waals surface area contributed by atoms with Gasteiger partial charge in [-0.25, -0.2) is 9.59 Å². The van der Waals surface area contributed by atoms with E-state index in [4.69, 9.17) is 24.7 Å². The van der Waals surface area contributed by atoms with Crippen molar-refractivity contribution in [2.24, 2.45) is 5.73 Å². The Morgan fingerprint density at radius 2 is 1.57 bits per heavy atom. The maximum Gasteiger partial charge on any atom is 0.350 e. The van der Waals surface area contributed by atoms with Gasteiger partial charge in [0.2, 0.25) is 0 Å². The third-order valence-corrected chi connectivity index (χ3v) is 3.96. The van der Waals surface area contributed by atoms with Crippen LogP contribution in [0, 0.1) is 0 Å². The van der Waals surface area contributed by atoms with Crippen LogP contribution in [0.2, 0.25) is 0 Å². The zero-order valence-corrected chi connectivity index (χ0v) is 18.3. The van der Waals surface area contributed by atoms with Crippen molar-refractivity contribution in [1.82, 2.24) is 4.98 Å². The number of esters is 3. The molecule has 0 bridgehead atoms. The van der Waals surface area contributed by atoms with Crippen LogP contribution < -0.4 is 5.73 Å². The van der Waals surface area contributed by atoms with Crippen LogP contribution >= 0.6 is 0 Å². The van der Waals surface area contributed by atoms with E-state index >= 15 is 0 Å². The fourth-order valence-corrected chi connectivity index (χ4v) is 2.51. The summed E-state index contributed by atoms with van der Waals surface area (Å²) in [5, 5.41) is 0. The van der Waals surface area contributed by atoms with Gasteiger partial charge in [-0.05, 0) is 58.7 Å². The summed E-state index contributed by atoms with van der Waals surface area (Å²) in [4.78, 5) is 41.7. The van der Waals surface area contributed by atoms with Gasteiger partial charge < -0.3 is 24.7 Å². The highest BCUT2D eigenvalue weighted by Crippen LogP contribution is 2.26. The van der Waals surface area contributed by atoms with Crippen molar-refractivity contribution in [1.29, 1.82) is 0 Å². The molecule has 0 aliphatic rings. The summed E-state index contributed by atoms with van der Waals surface area (Å²) < 4.78 is 21.3. The molecular weight excluding hydrogens is 392 g/mol. The molecule has 1 atom stereocenters. The maximum absolute atomic E-state index is 12.8. The first-order valence-electron chi connectivity index (χ1n) is 9.91. The van der Waals surface area contributed by atoms with Gasteiger partial charge in [0.1, 0.15) is 11.6 Å². The normalized spacial score (nSPS) is 12.7. The molecule has 9 nitrogen and oxygen atoms in total. The number of hydrogen-bond donors (Lipinski definition) is 1. The lowest BCUT2D eigenvalue weighted by Gasteiger charge is -2.30. The molecule has 1 aromatic rings. The Hall–Kier alpha value is -2.52. The standard InChI is InChI=1S/C21H32N2O7/c1-6-27-18(25)21(19(26)28-7-2,29-14-15-9-12-23-13-10-15)11-8-16(22)17(24)30-20(3,4)5/h9-10,12-13,16H,6-8,11,14,22H2,1-5H3. The Kier molecular flexibility index (Phi) is 9.88. The summed E-state index contributed by atoms with van der Waals surface area (Å²) in [5.74, 6) is -2.43. The lowest BCUT2D eigenvalue weighted by atomic mass is 9.94. The molecule has 0 aromatic carbocycles. The van der Waals surface area contributed by atoms with Crippen LogP contribution in [0.15, 0.2) is 24.5 Å². The van der Waals surface area contributed by atoms with Crippen LogP contribution in [0.3, 0.4) is 0 Å². The van der Waals surface area contributed by atoms with Crippen LogP contribution in [0.1, 0.15) is 53.0 Å². The molecule has 168 valence electrons. The molecule has 1 aromatic heterocycles. The summed E-state index contributed by atoms with van der Waals surface area (Å²) in [5.41, 5.74) is 3.86. The van der Waals surface area contributed by atoms with Gasteiger partial charge in [0.05, 0.1) is 19.8 Å². The monoisotopic (exact) mass is 424 g/mol. The molecule has 0 amide bonds. The van der Waals surface area contributed by atoms with Crippen molar-refractivity contribution in [3.05, 3.63) is 30.1 Å². The molecule has 0 saturated heterocycles. The van der Waals surface area contributed by atoms with Gasteiger partial charge in [0, 0.05) is 18.8 Å². The predicted molar refractivity (Wildman–Crippen MR) is 108 cm³/mol. The summed E-state index contributed by atoms with van der Waals surface area (Å²) >= 11 is 0. The molecule has 2 N–H and O–H groups in total. The molecule has 0 saturated carbocycles. The van der Waals surface area contributed by atoms with Gasteiger partial charge in [-0.2, -0.15) is 0 Å². The topological polar surface area (TPSA) is 127 Å². The summed E-state index contributed by atoms with van der Waals surface area (Å²) in [6.07, 6.45) is 2.86. The van der Waals surface area contributed by atoms with Crippen LogP contribution in [-0.4, -0.2) is 53.3 Å². The summed E-state index contributed by atoms with van der Waals surface area (Å²) in [6, 6.07) is 2.32. The first-order chi connectivity index (χ1) is 14.1. The molecule has 0 aliphatic heterocycles. The molecule has 0 radical (unpaired) electrons. The predicted octanol–water partition coefficient (Wildman–Crippen LogP) is 1.91. The van der Waals surface area contributed by atoms with Crippen LogP contribution in [-0.2, 0) is 39.9 Å². The molecule has 30 heavy (non-hydrogen) atoms. The Morgan fingerprint density at radius 3 is 2.03 bits per heavy atom. The van der Waals surface area contributed by atoms with Crippen molar-refractivity contribution >= 4 is 17.9 Å². The highest BCUT2D eigenvalue weighted by molar-refractivity contribution is 6.03. The van der Waals surface area contributed by atoms with E-state index in [2.05, 4.69) is 4.98 Å². The molecule has 0 aliphatic carbocycles. The van der Waals surface area contributed by atoms with E-state index in [9.17, 15) is 14.4 Å². The third kappa shape index (κ3) is 7.72. The van der Waals surface area contributed by atoms with Crippen molar-refractivity contribution in [3.8, 4) is 0 Å². The zero-order valence-electron chi connectivity index (χ0n) is 18.3. The van der Waals surface area contributed by atoms with Gasteiger partial charge in [0.15, 0.2) is 0 Å².